The van der Waals surface area contributed by atoms with Gasteiger partial charge in [-0.2, -0.15) is 4.98 Å². The summed E-state index contributed by atoms with van der Waals surface area (Å²) in [5, 5.41) is 3.47. The van der Waals surface area contributed by atoms with E-state index in [2.05, 4.69) is 10.3 Å². The number of aryl methyl sites for hydroxylation is 1. The molecule has 0 radical (unpaired) electrons. The second-order valence-corrected chi connectivity index (χ2v) is 8.64. The smallest absolute Gasteiger partial charge is 0.234 e. The summed E-state index contributed by atoms with van der Waals surface area (Å²) in [6, 6.07) is 13.9. The van der Waals surface area contributed by atoms with Crippen LogP contribution in [0, 0.1) is 6.92 Å². The van der Waals surface area contributed by atoms with E-state index in [0.29, 0.717) is 10.6 Å². The molecule has 1 aromatic heterocycles. The van der Waals surface area contributed by atoms with Crippen molar-refractivity contribution in [2.75, 3.05) is 5.32 Å². The van der Waals surface area contributed by atoms with Gasteiger partial charge in [0.05, 0.1) is 15.5 Å². The third-order valence-corrected chi connectivity index (χ3v) is 6.21. The molecular weight excluding hydrogens is 372 g/mol. The van der Waals surface area contributed by atoms with Crippen LogP contribution < -0.4 is 5.32 Å². The van der Waals surface area contributed by atoms with Crippen molar-refractivity contribution in [3.8, 4) is 11.5 Å². The zero-order valence-corrected chi connectivity index (χ0v) is 15.6. The molecule has 3 aromatic rings. The summed E-state index contributed by atoms with van der Waals surface area (Å²) in [5.41, 5.74) is 1.54. The van der Waals surface area contributed by atoms with Gasteiger partial charge < -0.3 is 9.73 Å². The summed E-state index contributed by atoms with van der Waals surface area (Å²) in [6.45, 7) is 1.90. The minimum absolute atomic E-state index is 0.108. The van der Waals surface area contributed by atoms with Crippen LogP contribution in [0.1, 0.15) is 18.4 Å². The van der Waals surface area contributed by atoms with Crippen molar-refractivity contribution in [3.05, 3.63) is 59.1 Å². The zero-order valence-electron chi connectivity index (χ0n) is 14.1. The summed E-state index contributed by atoms with van der Waals surface area (Å²) >= 11 is 6.22. The standard InChI is InChI=1S/C19H17ClN2O3S/c1-12-6-10-14(11-7-12)26(23,24)19-18(21-13-8-9-13)25-17(22-19)15-4-2-3-5-16(15)20/h2-7,10-11,13,21H,8-9H2,1H3. The lowest BCUT2D eigenvalue weighted by Gasteiger charge is -2.05. The number of anilines is 1. The maximum atomic E-state index is 13.1. The van der Waals surface area contributed by atoms with Crippen LogP contribution in [0.2, 0.25) is 5.02 Å². The van der Waals surface area contributed by atoms with E-state index < -0.39 is 9.84 Å². The molecule has 0 atom stereocenters. The summed E-state index contributed by atoms with van der Waals surface area (Å²) in [6.07, 6.45) is 1.96. The highest BCUT2D eigenvalue weighted by Crippen LogP contribution is 2.37. The molecule has 1 aliphatic rings. The quantitative estimate of drug-likeness (QED) is 0.685. The van der Waals surface area contributed by atoms with E-state index in [1.54, 1.807) is 48.5 Å². The molecule has 26 heavy (non-hydrogen) atoms. The highest BCUT2D eigenvalue weighted by molar-refractivity contribution is 7.91. The largest absolute Gasteiger partial charge is 0.419 e. The Morgan fingerprint density at radius 1 is 1.12 bits per heavy atom. The summed E-state index contributed by atoms with van der Waals surface area (Å²) < 4.78 is 32.0. The molecule has 4 rings (SSSR count). The first kappa shape index (κ1) is 17.1. The number of halogens is 1. The molecule has 0 amide bonds. The van der Waals surface area contributed by atoms with Crippen LogP contribution in [0.15, 0.2) is 62.9 Å². The number of hydrogen-bond donors (Lipinski definition) is 1. The van der Waals surface area contributed by atoms with E-state index >= 15 is 0 Å². The molecule has 134 valence electrons. The fourth-order valence-corrected chi connectivity index (χ4v) is 4.05. The molecule has 0 saturated heterocycles. The van der Waals surface area contributed by atoms with Crippen molar-refractivity contribution in [2.24, 2.45) is 0 Å². The highest BCUT2D eigenvalue weighted by atomic mass is 35.5. The van der Waals surface area contributed by atoms with Crippen molar-refractivity contribution < 1.29 is 12.8 Å². The monoisotopic (exact) mass is 388 g/mol. The minimum Gasteiger partial charge on any atom is -0.419 e. The third kappa shape index (κ3) is 3.22. The number of nitrogens with zero attached hydrogens (tertiary/aromatic N) is 1. The van der Waals surface area contributed by atoms with Gasteiger partial charge in [-0.15, -0.1) is 0 Å². The Morgan fingerprint density at radius 2 is 1.81 bits per heavy atom. The van der Waals surface area contributed by atoms with Gasteiger partial charge in [0.1, 0.15) is 0 Å². The first-order valence-corrected chi connectivity index (χ1v) is 10.2. The normalized spacial score (nSPS) is 14.4. The van der Waals surface area contributed by atoms with Gasteiger partial charge in [-0.1, -0.05) is 41.4 Å². The van der Waals surface area contributed by atoms with Gasteiger partial charge in [-0.3, -0.25) is 0 Å². The van der Waals surface area contributed by atoms with Crippen molar-refractivity contribution in [2.45, 2.75) is 35.7 Å². The lowest BCUT2D eigenvalue weighted by Crippen LogP contribution is -2.08. The van der Waals surface area contributed by atoms with Crippen LogP contribution in [0.5, 0.6) is 0 Å². The topological polar surface area (TPSA) is 72.2 Å². The Kier molecular flexibility index (Phi) is 4.25. The van der Waals surface area contributed by atoms with E-state index in [4.69, 9.17) is 16.0 Å². The second kappa shape index (κ2) is 6.45. The highest BCUT2D eigenvalue weighted by Gasteiger charge is 2.32. The molecule has 1 saturated carbocycles. The lowest BCUT2D eigenvalue weighted by molar-refractivity contribution is 0.576. The third-order valence-electron chi connectivity index (χ3n) is 4.20. The van der Waals surface area contributed by atoms with E-state index in [1.807, 2.05) is 6.92 Å². The Morgan fingerprint density at radius 3 is 2.46 bits per heavy atom. The number of benzene rings is 2. The SMILES string of the molecule is Cc1ccc(S(=O)(=O)c2nc(-c3ccccc3Cl)oc2NC2CC2)cc1. The number of nitrogens with one attached hydrogen (secondary N) is 1. The Balaban J connectivity index is 1.83. The number of sulfone groups is 1. The van der Waals surface area contributed by atoms with E-state index in [-0.39, 0.29) is 27.7 Å². The average Bonchev–Trinajstić information content (AvgIpc) is 3.32. The Bertz CT molecular complexity index is 1050. The molecule has 2 aromatic carbocycles. The van der Waals surface area contributed by atoms with Gasteiger partial charge in [0.25, 0.3) is 0 Å². The van der Waals surface area contributed by atoms with Gasteiger partial charge in [0.2, 0.25) is 26.6 Å². The first-order valence-electron chi connectivity index (χ1n) is 8.29. The van der Waals surface area contributed by atoms with E-state index in [9.17, 15) is 8.42 Å². The average molecular weight is 389 g/mol. The van der Waals surface area contributed by atoms with Crippen LogP contribution in [-0.4, -0.2) is 19.4 Å². The summed E-state index contributed by atoms with van der Waals surface area (Å²) in [7, 11) is -3.81. The maximum Gasteiger partial charge on any atom is 0.234 e. The zero-order chi connectivity index (χ0) is 18.3. The van der Waals surface area contributed by atoms with Crippen LogP contribution in [0.4, 0.5) is 5.88 Å². The number of hydrogen-bond acceptors (Lipinski definition) is 5. The molecule has 0 unspecified atom stereocenters. The molecular formula is C19H17ClN2O3S. The van der Waals surface area contributed by atoms with Crippen molar-refractivity contribution >= 4 is 27.3 Å². The van der Waals surface area contributed by atoms with Gasteiger partial charge in [0, 0.05) is 6.04 Å². The van der Waals surface area contributed by atoms with Crippen LogP contribution >= 0.6 is 11.6 Å². The molecule has 1 N–H and O–H groups in total. The fraction of sp³-hybridized carbons (Fsp3) is 0.211. The summed E-state index contributed by atoms with van der Waals surface area (Å²) in [5.74, 6) is 0.354. The van der Waals surface area contributed by atoms with Crippen molar-refractivity contribution in [1.29, 1.82) is 0 Å². The molecule has 1 heterocycles. The van der Waals surface area contributed by atoms with Gasteiger partial charge in [0.15, 0.2) is 0 Å². The fourth-order valence-electron chi connectivity index (χ4n) is 2.57. The number of aromatic nitrogens is 1. The molecule has 5 nitrogen and oxygen atoms in total. The van der Waals surface area contributed by atoms with Crippen LogP contribution in [0.25, 0.3) is 11.5 Å². The second-order valence-electron chi connectivity index (χ2n) is 6.37. The van der Waals surface area contributed by atoms with Gasteiger partial charge in [-0.05, 0) is 44.0 Å². The van der Waals surface area contributed by atoms with E-state index in [0.717, 1.165) is 18.4 Å². The molecule has 0 spiro atoms. The molecule has 1 aliphatic carbocycles. The van der Waals surface area contributed by atoms with Crippen molar-refractivity contribution in [1.82, 2.24) is 4.98 Å². The van der Waals surface area contributed by atoms with Gasteiger partial charge >= 0.3 is 0 Å². The first-order chi connectivity index (χ1) is 12.4. The number of rotatable bonds is 5. The Labute approximate surface area is 156 Å². The van der Waals surface area contributed by atoms with Crippen molar-refractivity contribution in [3.63, 3.8) is 0 Å². The molecule has 1 fully saturated rings. The maximum absolute atomic E-state index is 13.1. The summed E-state index contributed by atoms with van der Waals surface area (Å²) in [4.78, 5) is 4.47. The molecule has 0 aliphatic heterocycles. The predicted octanol–water partition coefficient (Wildman–Crippen LogP) is 4.71. The van der Waals surface area contributed by atoms with Crippen LogP contribution in [-0.2, 0) is 9.84 Å². The van der Waals surface area contributed by atoms with E-state index in [1.165, 1.54) is 0 Å². The number of oxazole rings is 1. The minimum atomic E-state index is -3.81. The molecule has 0 bridgehead atoms. The predicted molar refractivity (Wildman–Crippen MR) is 100 cm³/mol. The Hall–Kier alpha value is -2.31. The van der Waals surface area contributed by atoms with Gasteiger partial charge in [-0.25, -0.2) is 8.42 Å². The lowest BCUT2D eigenvalue weighted by atomic mass is 10.2. The van der Waals surface area contributed by atoms with Crippen LogP contribution in [0.3, 0.4) is 0 Å². The molecule has 7 heteroatoms.